The van der Waals surface area contributed by atoms with Crippen LogP contribution >= 0.6 is 0 Å². The number of hydrogen-bond donors (Lipinski definition) is 1. The van der Waals surface area contributed by atoms with Crippen molar-refractivity contribution in [1.29, 1.82) is 0 Å². The number of aryl methyl sites for hydroxylation is 1. The van der Waals surface area contributed by atoms with E-state index in [2.05, 4.69) is 35.3 Å². The van der Waals surface area contributed by atoms with Crippen LogP contribution in [-0.4, -0.2) is 20.6 Å². The summed E-state index contributed by atoms with van der Waals surface area (Å²) in [5.74, 6) is 1.02. The van der Waals surface area contributed by atoms with Crippen molar-refractivity contribution in [3.63, 3.8) is 0 Å². The normalized spacial score (nSPS) is 14.2. The largest absolute Gasteiger partial charge is 0.331 e. The van der Waals surface area contributed by atoms with Crippen molar-refractivity contribution in [1.82, 2.24) is 14.5 Å². The van der Waals surface area contributed by atoms with E-state index in [1.807, 2.05) is 13.1 Å². The third kappa shape index (κ3) is 2.31. The highest BCUT2D eigenvalue weighted by Crippen LogP contribution is 2.22. The molecule has 0 radical (unpaired) electrons. The third-order valence-corrected chi connectivity index (χ3v) is 3.29. The van der Waals surface area contributed by atoms with Crippen LogP contribution in [-0.2, 0) is 13.5 Å². The Hall–Kier alpha value is -1.42. The first-order valence-electron chi connectivity index (χ1n) is 5.90. The summed E-state index contributed by atoms with van der Waals surface area (Å²) in [5.41, 5.74) is 8.34. The highest BCUT2D eigenvalue weighted by atomic mass is 15.1. The molecule has 0 bridgehead atoms. The van der Waals surface area contributed by atoms with E-state index in [9.17, 15) is 0 Å². The van der Waals surface area contributed by atoms with Crippen molar-refractivity contribution in [2.75, 3.05) is 0 Å². The Morgan fingerprint density at radius 3 is 2.71 bits per heavy atom. The van der Waals surface area contributed by atoms with Gasteiger partial charge in [-0.25, -0.2) is 4.98 Å². The first kappa shape index (κ1) is 12.0. The van der Waals surface area contributed by atoms with Crippen molar-refractivity contribution in [2.45, 2.75) is 33.2 Å². The van der Waals surface area contributed by atoms with E-state index in [0.29, 0.717) is 0 Å². The maximum Gasteiger partial charge on any atom is 0.111 e. The van der Waals surface area contributed by atoms with E-state index in [4.69, 9.17) is 5.73 Å². The molecule has 0 saturated heterocycles. The van der Waals surface area contributed by atoms with Gasteiger partial charge in [0.25, 0.3) is 0 Å². The van der Waals surface area contributed by atoms with Crippen LogP contribution in [0.25, 0.3) is 11.0 Å². The first-order chi connectivity index (χ1) is 7.89. The summed E-state index contributed by atoms with van der Waals surface area (Å²) in [6.07, 6.45) is 4.37. The number of fused-ring (bicyclic) bond motifs is 1. The second-order valence-corrected chi connectivity index (χ2v) is 5.63. The highest BCUT2D eigenvalue weighted by molar-refractivity contribution is 5.74. The van der Waals surface area contributed by atoms with Crippen LogP contribution in [0.5, 0.6) is 0 Å². The molecule has 2 aromatic heterocycles. The van der Waals surface area contributed by atoms with Gasteiger partial charge >= 0.3 is 0 Å². The minimum atomic E-state index is 0.0936. The van der Waals surface area contributed by atoms with Gasteiger partial charge in [0.2, 0.25) is 0 Å². The fourth-order valence-electron chi connectivity index (χ4n) is 1.79. The molecule has 0 spiro atoms. The average Bonchev–Trinajstić information content (AvgIpc) is 2.55. The fraction of sp³-hybridized carbons (Fsp3) is 0.538. The summed E-state index contributed by atoms with van der Waals surface area (Å²) in [6.45, 7) is 6.46. The zero-order valence-electron chi connectivity index (χ0n) is 10.9. The van der Waals surface area contributed by atoms with Crippen molar-refractivity contribution in [2.24, 2.45) is 18.2 Å². The summed E-state index contributed by atoms with van der Waals surface area (Å²) < 4.78 is 2.10. The molecular formula is C13H20N4. The number of hydrogen-bond acceptors (Lipinski definition) is 3. The molecule has 0 aliphatic carbocycles. The number of nitrogens with zero attached hydrogens (tertiary/aromatic N) is 3. The Morgan fingerprint density at radius 2 is 2.12 bits per heavy atom. The number of aromatic nitrogens is 3. The van der Waals surface area contributed by atoms with Crippen molar-refractivity contribution < 1.29 is 0 Å². The molecule has 1 atom stereocenters. The van der Waals surface area contributed by atoms with Crippen LogP contribution in [0, 0.1) is 5.41 Å². The van der Waals surface area contributed by atoms with Crippen molar-refractivity contribution in [3.8, 4) is 0 Å². The van der Waals surface area contributed by atoms with E-state index in [1.165, 1.54) is 0 Å². The molecule has 0 aromatic carbocycles. The predicted molar refractivity (Wildman–Crippen MR) is 69.6 cm³/mol. The second-order valence-electron chi connectivity index (χ2n) is 5.63. The van der Waals surface area contributed by atoms with Crippen LogP contribution in [0.2, 0.25) is 0 Å². The van der Waals surface area contributed by atoms with Gasteiger partial charge in [0.1, 0.15) is 11.3 Å². The molecule has 0 saturated carbocycles. The lowest BCUT2D eigenvalue weighted by Gasteiger charge is -2.26. The molecule has 2 rings (SSSR count). The van der Waals surface area contributed by atoms with Crippen molar-refractivity contribution in [3.05, 3.63) is 24.3 Å². The Balaban J connectivity index is 2.34. The van der Waals surface area contributed by atoms with E-state index in [-0.39, 0.29) is 11.5 Å². The molecule has 4 nitrogen and oxygen atoms in total. The maximum absolute atomic E-state index is 6.20. The Labute approximate surface area is 102 Å². The maximum atomic E-state index is 6.20. The Morgan fingerprint density at radius 1 is 1.41 bits per heavy atom. The van der Waals surface area contributed by atoms with Gasteiger partial charge in [-0.15, -0.1) is 0 Å². The molecular weight excluding hydrogens is 212 g/mol. The number of nitrogens with two attached hydrogens (primary N) is 1. The summed E-state index contributed by atoms with van der Waals surface area (Å²) >= 11 is 0. The molecule has 2 N–H and O–H groups in total. The zero-order chi connectivity index (χ0) is 12.6. The molecule has 92 valence electrons. The van der Waals surface area contributed by atoms with Gasteiger partial charge in [-0.1, -0.05) is 20.8 Å². The molecule has 0 amide bonds. The van der Waals surface area contributed by atoms with Gasteiger partial charge in [-0.3, -0.25) is 4.98 Å². The highest BCUT2D eigenvalue weighted by Gasteiger charge is 2.22. The lowest BCUT2D eigenvalue weighted by Crippen LogP contribution is -2.37. The summed E-state index contributed by atoms with van der Waals surface area (Å²) in [6, 6.07) is 2.08. The lowest BCUT2D eigenvalue weighted by atomic mass is 9.85. The fourth-order valence-corrected chi connectivity index (χ4v) is 1.79. The monoisotopic (exact) mass is 232 g/mol. The molecule has 17 heavy (non-hydrogen) atoms. The van der Waals surface area contributed by atoms with Crippen LogP contribution in [0.4, 0.5) is 0 Å². The van der Waals surface area contributed by atoms with Crippen LogP contribution in [0.1, 0.15) is 26.6 Å². The average molecular weight is 232 g/mol. The van der Waals surface area contributed by atoms with Crippen molar-refractivity contribution >= 4 is 11.0 Å². The topological polar surface area (TPSA) is 56.7 Å². The minimum absolute atomic E-state index is 0.0936. The van der Waals surface area contributed by atoms with Crippen LogP contribution in [0.3, 0.4) is 0 Å². The third-order valence-electron chi connectivity index (χ3n) is 3.29. The SMILES string of the molecule is Cn1c(CC(N)C(C)(C)C)nc2cnccc21. The van der Waals surface area contributed by atoms with E-state index in [1.54, 1.807) is 12.4 Å². The van der Waals surface area contributed by atoms with E-state index < -0.39 is 0 Å². The minimum Gasteiger partial charge on any atom is -0.331 e. The molecule has 4 heteroatoms. The molecule has 0 aliphatic rings. The molecule has 0 fully saturated rings. The molecule has 0 aliphatic heterocycles. The van der Waals surface area contributed by atoms with Gasteiger partial charge in [0.05, 0.1) is 11.7 Å². The van der Waals surface area contributed by atoms with E-state index in [0.717, 1.165) is 23.3 Å². The van der Waals surface area contributed by atoms with Gasteiger partial charge in [0, 0.05) is 25.7 Å². The Kier molecular flexibility index (Phi) is 2.91. The first-order valence-corrected chi connectivity index (χ1v) is 5.90. The van der Waals surface area contributed by atoms with Gasteiger partial charge < -0.3 is 10.3 Å². The molecule has 1 unspecified atom stereocenters. The van der Waals surface area contributed by atoms with Gasteiger partial charge in [-0.05, 0) is 11.5 Å². The lowest BCUT2D eigenvalue weighted by molar-refractivity contribution is 0.313. The number of rotatable bonds is 2. The predicted octanol–water partition coefficient (Wildman–Crippen LogP) is 1.88. The quantitative estimate of drug-likeness (QED) is 0.860. The summed E-state index contributed by atoms with van der Waals surface area (Å²) in [5, 5.41) is 0. The second kappa shape index (κ2) is 4.11. The standard InChI is InChI=1S/C13H20N4/c1-13(2,3)11(14)7-12-16-9-8-15-6-5-10(9)17(12)4/h5-6,8,11H,7,14H2,1-4H3. The molecule has 2 aromatic rings. The van der Waals surface area contributed by atoms with E-state index >= 15 is 0 Å². The van der Waals surface area contributed by atoms with Gasteiger partial charge in [0.15, 0.2) is 0 Å². The summed E-state index contributed by atoms with van der Waals surface area (Å²) in [7, 11) is 2.03. The Bertz CT molecular complexity index is 522. The van der Waals surface area contributed by atoms with Crippen LogP contribution < -0.4 is 5.73 Å². The summed E-state index contributed by atoms with van der Waals surface area (Å²) in [4.78, 5) is 8.67. The van der Waals surface area contributed by atoms with Gasteiger partial charge in [-0.2, -0.15) is 0 Å². The number of pyridine rings is 1. The zero-order valence-corrected chi connectivity index (χ0v) is 10.9. The number of imidazole rings is 1. The molecule has 2 heterocycles. The smallest absolute Gasteiger partial charge is 0.111 e. The van der Waals surface area contributed by atoms with Crippen LogP contribution in [0.15, 0.2) is 18.5 Å².